The molecule has 6 heteroatoms. The number of nitrogens with one attached hydrogen (secondary N) is 2. The maximum atomic E-state index is 13.1. The van der Waals surface area contributed by atoms with Gasteiger partial charge in [0.1, 0.15) is 6.04 Å². The van der Waals surface area contributed by atoms with Gasteiger partial charge in [0.2, 0.25) is 11.8 Å². The molecule has 5 nitrogen and oxygen atoms in total. The van der Waals surface area contributed by atoms with E-state index < -0.39 is 6.04 Å². The average molecular weight is 396 g/mol. The predicted octanol–water partition coefficient (Wildman–Crippen LogP) is 3.16. The van der Waals surface area contributed by atoms with Crippen molar-refractivity contribution in [3.8, 4) is 0 Å². The molecule has 1 atom stereocenters. The average Bonchev–Trinajstić information content (AvgIpc) is 2.64. The minimum absolute atomic E-state index is 0. The Kier molecular flexibility index (Phi) is 10.4. The van der Waals surface area contributed by atoms with Gasteiger partial charge in [-0.25, -0.2) is 0 Å². The monoisotopic (exact) mass is 395 g/mol. The van der Waals surface area contributed by atoms with E-state index >= 15 is 0 Å². The number of nitrogens with zero attached hydrogens (tertiary/aromatic N) is 1. The molecule has 0 aliphatic carbocycles. The molecule has 0 aromatic heterocycles. The van der Waals surface area contributed by atoms with Crippen molar-refractivity contribution in [2.75, 3.05) is 26.7 Å². The number of carbonyl (C=O) groups excluding carboxylic acids is 2. The number of hydrogen-bond donors (Lipinski definition) is 2. The molecule has 1 aliphatic rings. The first-order valence-corrected chi connectivity index (χ1v) is 9.79. The Morgan fingerprint density at radius 3 is 2.33 bits per heavy atom. The molecule has 1 saturated heterocycles. The van der Waals surface area contributed by atoms with Gasteiger partial charge in [0, 0.05) is 19.5 Å². The molecule has 1 aliphatic heterocycles. The van der Waals surface area contributed by atoms with Gasteiger partial charge in [0.15, 0.2) is 0 Å². The highest BCUT2D eigenvalue weighted by atomic mass is 35.5. The van der Waals surface area contributed by atoms with Crippen LogP contribution in [-0.2, 0) is 9.59 Å². The van der Waals surface area contributed by atoms with Crippen molar-refractivity contribution < 1.29 is 9.59 Å². The van der Waals surface area contributed by atoms with Gasteiger partial charge in [-0.3, -0.25) is 9.59 Å². The van der Waals surface area contributed by atoms with E-state index in [1.165, 1.54) is 0 Å². The second kappa shape index (κ2) is 12.0. The molecule has 1 fully saturated rings. The van der Waals surface area contributed by atoms with Crippen molar-refractivity contribution in [3.63, 3.8) is 0 Å². The van der Waals surface area contributed by atoms with Crippen LogP contribution >= 0.6 is 12.4 Å². The van der Waals surface area contributed by atoms with Crippen LogP contribution in [0.15, 0.2) is 30.3 Å². The topological polar surface area (TPSA) is 61.4 Å². The van der Waals surface area contributed by atoms with Crippen molar-refractivity contribution >= 4 is 24.2 Å². The summed E-state index contributed by atoms with van der Waals surface area (Å²) in [6, 6.07) is 8.99. The van der Waals surface area contributed by atoms with E-state index in [9.17, 15) is 9.59 Å². The molecular weight excluding hydrogens is 362 g/mol. The highest BCUT2D eigenvalue weighted by Crippen LogP contribution is 2.24. The number of benzene rings is 1. The van der Waals surface area contributed by atoms with Crippen molar-refractivity contribution in [2.45, 2.75) is 45.6 Å². The normalized spacial score (nSPS) is 15.9. The Hall–Kier alpha value is -1.59. The molecule has 2 N–H and O–H groups in total. The van der Waals surface area contributed by atoms with Crippen molar-refractivity contribution in [1.82, 2.24) is 15.5 Å². The second-order valence-corrected chi connectivity index (χ2v) is 7.67. The van der Waals surface area contributed by atoms with E-state index in [0.29, 0.717) is 12.3 Å². The van der Waals surface area contributed by atoms with Gasteiger partial charge in [-0.15, -0.1) is 12.4 Å². The Labute approximate surface area is 169 Å². The largest absolute Gasteiger partial charge is 0.341 e. The SMILES string of the molecule is CNCCC1CCN(C(=O)C(NC(=O)CC(C)C)c2ccccc2)CC1.Cl. The highest BCUT2D eigenvalue weighted by molar-refractivity contribution is 5.88. The lowest BCUT2D eigenvalue weighted by atomic mass is 9.92. The molecule has 0 spiro atoms. The molecule has 0 bridgehead atoms. The molecule has 2 amide bonds. The first-order valence-electron chi connectivity index (χ1n) is 9.79. The molecule has 0 saturated carbocycles. The van der Waals surface area contributed by atoms with E-state index in [2.05, 4.69) is 10.6 Å². The molecular formula is C21H34ClN3O2. The lowest BCUT2D eigenvalue weighted by Gasteiger charge is -2.34. The summed E-state index contributed by atoms with van der Waals surface area (Å²) >= 11 is 0. The highest BCUT2D eigenvalue weighted by Gasteiger charge is 2.30. The number of carbonyl (C=O) groups is 2. The van der Waals surface area contributed by atoms with Gasteiger partial charge >= 0.3 is 0 Å². The molecule has 152 valence electrons. The zero-order chi connectivity index (χ0) is 18.9. The maximum absolute atomic E-state index is 13.1. The zero-order valence-corrected chi connectivity index (χ0v) is 17.6. The van der Waals surface area contributed by atoms with Crippen LogP contribution in [0.25, 0.3) is 0 Å². The van der Waals surface area contributed by atoms with Crippen LogP contribution in [0, 0.1) is 11.8 Å². The van der Waals surface area contributed by atoms with Gasteiger partial charge in [-0.2, -0.15) is 0 Å². The molecule has 1 aromatic rings. The third kappa shape index (κ3) is 7.51. The van der Waals surface area contributed by atoms with Crippen LogP contribution in [0.4, 0.5) is 0 Å². The summed E-state index contributed by atoms with van der Waals surface area (Å²) in [4.78, 5) is 27.4. The third-order valence-electron chi connectivity index (χ3n) is 5.01. The molecule has 27 heavy (non-hydrogen) atoms. The lowest BCUT2D eigenvalue weighted by molar-refractivity contribution is -0.138. The van der Waals surface area contributed by atoms with E-state index in [1.807, 2.05) is 56.1 Å². The predicted molar refractivity (Wildman–Crippen MR) is 112 cm³/mol. The molecule has 1 aromatic carbocycles. The smallest absolute Gasteiger partial charge is 0.249 e. The summed E-state index contributed by atoms with van der Waals surface area (Å²) in [5, 5.41) is 6.16. The van der Waals surface area contributed by atoms with Gasteiger partial charge in [0.05, 0.1) is 0 Å². The summed E-state index contributed by atoms with van der Waals surface area (Å²) < 4.78 is 0. The number of halogens is 1. The minimum atomic E-state index is -0.587. The van der Waals surface area contributed by atoms with E-state index in [1.54, 1.807) is 0 Å². The van der Waals surface area contributed by atoms with Gasteiger partial charge in [-0.1, -0.05) is 44.2 Å². The molecule has 1 heterocycles. The fourth-order valence-electron chi connectivity index (χ4n) is 3.50. The Balaban J connectivity index is 0.00000364. The van der Waals surface area contributed by atoms with E-state index in [4.69, 9.17) is 0 Å². The Bertz CT molecular complexity index is 572. The van der Waals surface area contributed by atoms with Crippen LogP contribution < -0.4 is 10.6 Å². The summed E-state index contributed by atoms with van der Waals surface area (Å²) in [5.74, 6) is 0.896. The number of likely N-dealkylation sites (tertiary alicyclic amines) is 1. The van der Waals surface area contributed by atoms with Crippen molar-refractivity contribution in [2.24, 2.45) is 11.8 Å². The minimum Gasteiger partial charge on any atom is -0.341 e. The molecule has 0 radical (unpaired) electrons. The standard InChI is InChI=1S/C21H33N3O2.ClH/c1-16(2)15-19(25)23-20(18-7-5-4-6-8-18)21(26)24-13-10-17(11-14-24)9-12-22-3;/h4-8,16-17,20,22H,9-15H2,1-3H3,(H,23,25);1H. The zero-order valence-electron chi connectivity index (χ0n) is 16.7. The van der Waals surface area contributed by atoms with Crippen LogP contribution in [0.2, 0.25) is 0 Å². The first-order chi connectivity index (χ1) is 12.5. The van der Waals surface area contributed by atoms with Crippen LogP contribution in [0.3, 0.4) is 0 Å². The third-order valence-corrected chi connectivity index (χ3v) is 5.01. The Morgan fingerprint density at radius 2 is 1.78 bits per heavy atom. The summed E-state index contributed by atoms with van der Waals surface area (Å²) in [6.45, 7) is 6.59. The second-order valence-electron chi connectivity index (χ2n) is 7.67. The van der Waals surface area contributed by atoms with Crippen molar-refractivity contribution in [3.05, 3.63) is 35.9 Å². The van der Waals surface area contributed by atoms with E-state index in [-0.39, 0.29) is 30.1 Å². The van der Waals surface area contributed by atoms with Crippen LogP contribution in [0.1, 0.15) is 51.1 Å². The van der Waals surface area contributed by atoms with E-state index in [0.717, 1.165) is 44.5 Å². The van der Waals surface area contributed by atoms with Crippen LogP contribution in [0.5, 0.6) is 0 Å². The maximum Gasteiger partial charge on any atom is 0.249 e. The van der Waals surface area contributed by atoms with Crippen molar-refractivity contribution in [1.29, 1.82) is 0 Å². The summed E-state index contributed by atoms with van der Waals surface area (Å²) in [5.41, 5.74) is 0.854. The van der Waals surface area contributed by atoms with Gasteiger partial charge in [0.25, 0.3) is 0 Å². The number of hydrogen-bond acceptors (Lipinski definition) is 3. The number of piperidine rings is 1. The Morgan fingerprint density at radius 1 is 1.15 bits per heavy atom. The quantitative estimate of drug-likeness (QED) is 0.710. The fourth-order valence-corrected chi connectivity index (χ4v) is 3.50. The van der Waals surface area contributed by atoms with Gasteiger partial charge < -0.3 is 15.5 Å². The fraction of sp³-hybridized carbons (Fsp3) is 0.619. The molecule has 1 unspecified atom stereocenters. The van der Waals surface area contributed by atoms with Gasteiger partial charge in [-0.05, 0) is 50.3 Å². The van der Waals surface area contributed by atoms with Crippen LogP contribution in [-0.4, -0.2) is 43.4 Å². The molecule has 2 rings (SSSR count). The number of amides is 2. The first kappa shape index (κ1) is 23.4. The summed E-state index contributed by atoms with van der Waals surface area (Å²) in [6.07, 6.45) is 3.66. The number of rotatable bonds is 8. The lowest BCUT2D eigenvalue weighted by Crippen LogP contribution is -2.46. The summed E-state index contributed by atoms with van der Waals surface area (Å²) in [7, 11) is 1.98.